The first-order chi connectivity index (χ1) is 38.0. The first-order valence-corrected chi connectivity index (χ1v) is 27.2. The van der Waals surface area contributed by atoms with Gasteiger partial charge < -0.3 is 40.8 Å². The summed E-state index contributed by atoms with van der Waals surface area (Å²) in [5.41, 5.74) is 12.8. The molecule has 3 aliphatic rings. The molecule has 2 aromatic heterocycles. The molecular weight excluding hydrogens is 1000 g/mol. The molecule has 0 fully saturated rings. The summed E-state index contributed by atoms with van der Waals surface area (Å²) in [6.07, 6.45) is 1.77. The molecule has 3 amide bonds. The maximum absolute atomic E-state index is 15.5. The van der Waals surface area contributed by atoms with Crippen LogP contribution in [0, 0.1) is 25.6 Å². The standard InChI is InChI=1S/C63H66FN7O8/c1-6-62(77)47-31-52-56-45(33-71(52)59(74)46(47)35-78-60(62)75)54-49(29-28-44-38(5)48(64)32-51(68-56)53(44)54)70-61(76)79-34-39-22-26-43(27-23-39)67-57(72)50(69-58(73)55(65)36(2)3)19-13-14-30-66-63(40-15-9-7-10-16-40,41-17-11-8-12-18-41)42-24-20-37(4)21-25-42/h7-12,15-18,20-27,31-32,36,49-50,55,66,77H,6,13-14,19,28-30,33-35,65H2,1-5H3,(H,67,72)(H,69,73)(H,70,76)/t49-,50-,55-,62-/m0/s1. The molecule has 10 rings (SSSR count). The minimum absolute atomic E-state index is 0.0215. The molecule has 16 heteroatoms. The Balaban J connectivity index is 0.811. The van der Waals surface area contributed by atoms with Crippen LogP contribution in [0.25, 0.3) is 22.3 Å². The second-order valence-corrected chi connectivity index (χ2v) is 21.4. The molecule has 0 saturated heterocycles. The van der Waals surface area contributed by atoms with E-state index in [9.17, 15) is 29.1 Å². The number of amides is 3. The summed E-state index contributed by atoms with van der Waals surface area (Å²) in [6, 6.07) is 36.8. The number of ether oxygens (including phenoxy) is 2. The van der Waals surface area contributed by atoms with Gasteiger partial charge in [0.05, 0.1) is 46.6 Å². The molecular formula is C63H66FN7O8. The highest BCUT2D eigenvalue weighted by molar-refractivity contribution is 5.98. The van der Waals surface area contributed by atoms with E-state index in [-0.39, 0.29) is 43.2 Å². The van der Waals surface area contributed by atoms with E-state index in [2.05, 4.69) is 76.7 Å². The number of carbonyl (C=O) groups is 4. The molecule has 79 heavy (non-hydrogen) atoms. The number of rotatable bonds is 18. The SMILES string of the molecule is CC[C@@]1(O)C(=O)OCc2c1cc1n(c2=O)Cc2c-1nc1cc(F)c(C)c3c1c2[C@@H](NC(=O)OCc1ccc(NC(=O)[C@H](CCCCNC(c2ccccc2)(c2ccccc2)c2ccc(C)cc2)NC(=O)[C@@H](N)C(C)C)cc1)CC3. The van der Waals surface area contributed by atoms with E-state index in [0.717, 1.165) is 27.8 Å². The lowest BCUT2D eigenvalue weighted by atomic mass is 9.76. The zero-order chi connectivity index (χ0) is 55.8. The third-order valence-corrected chi connectivity index (χ3v) is 16.1. The maximum atomic E-state index is 15.5. The number of anilines is 1. The van der Waals surface area contributed by atoms with Gasteiger partial charge in [0.1, 0.15) is 25.1 Å². The number of alkyl carbamates (subject to hydrolysis) is 1. The number of nitrogens with two attached hydrogens (primary N) is 1. The van der Waals surface area contributed by atoms with Gasteiger partial charge >= 0.3 is 12.1 Å². The number of nitrogens with zero attached hydrogens (tertiary/aromatic N) is 2. The number of unbranched alkanes of at least 4 members (excludes halogenated alkanes) is 1. The Hall–Kier alpha value is -8.05. The first-order valence-electron chi connectivity index (χ1n) is 27.2. The summed E-state index contributed by atoms with van der Waals surface area (Å²) in [6.45, 7) is 9.43. The first kappa shape index (κ1) is 54.3. The second kappa shape index (κ2) is 22.4. The summed E-state index contributed by atoms with van der Waals surface area (Å²) >= 11 is 0. The predicted octanol–water partition coefficient (Wildman–Crippen LogP) is 8.91. The fourth-order valence-corrected chi connectivity index (χ4v) is 11.5. The van der Waals surface area contributed by atoms with Crippen LogP contribution in [-0.4, -0.2) is 57.2 Å². The maximum Gasteiger partial charge on any atom is 0.407 e. The molecule has 0 radical (unpaired) electrons. The quantitative estimate of drug-likeness (QED) is 0.0271. The number of aromatic nitrogens is 2. The highest BCUT2D eigenvalue weighted by Crippen LogP contribution is 2.46. The van der Waals surface area contributed by atoms with E-state index in [1.165, 1.54) is 10.6 Å². The number of cyclic esters (lactones) is 1. The largest absolute Gasteiger partial charge is 0.458 e. The summed E-state index contributed by atoms with van der Waals surface area (Å²) in [5, 5.41) is 25.0. The van der Waals surface area contributed by atoms with E-state index >= 15 is 4.39 Å². The smallest absolute Gasteiger partial charge is 0.407 e. The van der Waals surface area contributed by atoms with E-state index in [1.807, 2.05) is 50.2 Å². The van der Waals surface area contributed by atoms with Crippen molar-refractivity contribution < 1.29 is 38.1 Å². The molecule has 4 heterocycles. The highest BCUT2D eigenvalue weighted by Gasteiger charge is 2.46. The predicted molar refractivity (Wildman–Crippen MR) is 299 cm³/mol. The van der Waals surface area contributed by atoms with Gasteiger partial charge in [-0.1, -0.05) is 123 Å². The topological polar surface area (TPSA) is 216 Å². The van der Waals surface area contributed by atoms with Crippen molar-refractivity contribution in [3.8, 4) is 11.4 Å². The molecule has 0 spiro atoms. The summed E-state index contributed by atoms with van der Waals surface area (Å²) in [5.74, 6) is -2.23. The van der Waals surface area contributed by atoms with Gasteiger partial charge in [-0.2, -0.15) is 0 Å². The Morgan fingerprint density at radius 1 is 0.886 bits per heavy atom. The van der Waals surface area contributed by atoms with Gasteiger partial charge in [-0.05, 0) is 122 Å². The van der Waals surface area contributed by atoms with Gasteiger partial charge in [0, 0.05) is 28.3 Å². The number of halogens is 1. The molecule has 2 aliphatic heterocycles. The highest BCUT2D eigenvalue weighted by atomic mass is 19.1. The minimum Gasteiger partial charge on any atom is -0.458 e. The molecule has 15 nitrogen and oxygen atoms in total. The number of aryl methyl sites for hydroxylation is 2. The number of esters is 1. The number of hydrogen-bond acceptors (Lipinski definition) is 11. The van der Waals surface area contributed by atoms with Crippen LogP contribution in [0.15, 0.2) is 126 Å². The average molecular weight is 1070 g/mol. The molecule has 7 aromatic rings. The average Bonchev–Trinajstić information content (AvgIpc) is 4.08. The van der Waals surface area contributed by atoms with Crippen LogP contribution in [0.3, 0.4) is 0 Å². The zero-order valence-electron chi connectivity index (χ0n) is 45.1. The van der Waals surface area contributed by atoms with Crippen LogP contribution in [0.4, 0.5) is 14.9 Å². The minimum atomic E-state index is -2.02. The Kier molecular flexibility index (Phi) is 15.4. The number of carbonyl (C=O) groups excluding carboxylic acids is 4. The van der Waals surface area contributed by atoms with E-state index in [1.54, 1.807) is 44.2 Å². The monoisotopic (exact) mass is 1070 g/mol. The van der Waals surface area contributed by atoms with E-state index < -0.39 is 64.5 Å². The van der Waals surface area contributed by atoms with Crippen molar-refractivity contribution in [2.45, 2.75) is 122 Å². The van der Waals surface area contributed by atoms with Crippen LogP contribution in [-0.2, 0) is 61.2 Å². The number of hydrogen-bond donors (Lipinski definition) is 6. The van der Waals surface area contributed by atoms with Crippen molar-refractivity contribution in [1.82, 2.24) is 25.5 Å². The van der Waals surface area contributed by atoms with Crippen molar-refractivity contribution >= 4 is 40.5 Å². The van der Waals surface area contributed by atoms with Crippen molar-refractivity contribution in [1.29, 1.82) is 0 Å². The lowest BCUT2D eigenvalue weighted by Crippen LogP contribution is -2.51. The van der Waals surface area contributed by atoms with Crippen molar-refractivity contribution in [3.63, 3.8) is 0 Å². The van der Waals surface area contributed by atoms with Gasteiger partial charge in [-0.15, -0.1) is 0 Å². The van der Waals surface area contributed by atoms with Gasteiger partial charge in [-0.3, -0.25) is 19.7 Å². The van der Waals surface area contributed by atoms with Gasteiger partial charge in [0.2, 0.25) is 11.8 Å². The molecule has 7 N–H and O–H groups in total. The van der Waals surface area contributed by atoms with Gasteiger partial charge in [0.15, 0.2) is 5.60 Å². The van der Waals surface area contributed by atoms with E-state index in [4.69, 9.17) is 20.2 Å². The van der Waals surface area contributed by atoms with Crippen molar-refractivity contribution in [3.05, 3.63) is 199 Å². The molecule has 5 aromatic carbocycles. The van der Waals surface area contributed by atoms with Gasteiger partial charge in [0.25, 0.3) is 5.56 Å². The van der Waals surface area contributed by atoms with Gasteiger partial charge in [-0.25, -0.2) is 19.0 Å². The fourth-order valence-electron chi connectivity index (χ4n) is 11.5. The Labute approximate surface area is 458 Å². The summed E-state index contributed by atoms with van der Waals surface area (Å²) in [7, 11) is 0. The normalized spacial score (nSPS) is 17.0. The van der Waals surface area contributed by atoms with Crippen LogP contribution in [0.1, 0.15) is 120 Å². The van der Waals surface area contributed by atoms with Crippen LogP contribution in [0.5, 0.6) is 0 Å². The third kappa shape index (κ3) is 10.3. The van der Waals surface area contributed by atoms with Crippen LogP contribution in [0.2, 0.25) is 0 Å². The van der Waals surface area contributed by atoms with Crippen LogP contribution >= 0.6 is 0 Å². The molecule has 408 valence electrons. The molecule has 0 unspecified atom stereocenters. The number of benzene rings is 5. The van der Waals surface area contributed by atoms with Crippen molar-refractivity contribution in [2.24, 2.45) is 11.7 Å². The van der Waals surface area contributed by atoms with E-state index in [0.29, 0.717) is 88.9 Å². The third-order valence-electron chi connectivity index (χ3n) is 16.1. The Morgan fingerprint density at radius 3 is 2.22 bits per heavy atom. The molecule has 0 saturated carbocycles. The second-order valence-electron chi connectivity index (χ2n) is 21.4. The number of aliphatic hydroxyl groups is 1. The summed E-state index contributed by atoms with van der Waals surface area (Å²) in [4.78, 5) is 72.9. The molecule has 4 atom stereocenters. The zero-order valence-corrected chi connectivity index (χ0v) is 45.1. The number of fused-ring (bicyclic) bond motifs is 5. The number of pyridine rings is 2. The Morgan fingerprint density at radius 2 is 1.56 bits per heavy atom. The van der Waals surface area contributed by atoms with Crippen molar-refractivity contribution in [2.75, 3.05) is 11.9 Å². The molecule has 1 aliphatic carbocycles. The number of nitrogens with one attached hydrogen (secondary N) is 4. The fraction of sp³-hybridized carbons (Fsp3) is 0.333. The molecule has 0 bridgehead atoms. The lowest BCUT2D eigenvalue weighted by molar-refractivity contribution is -0.172. The Bertz CT molecular complexity index is 3500. The van der Waals surface area contributed by atoms with Crippen LogP contribution < -0.4 is 32.6 Å². The lowest BCUT2D eigenvalue weighted by Gasteiger charge is -2.37. The summed E-state index contributed by atoms with van der Waals surface area (Å²) < 4.78 is 28.0.